The zero-order chi connectivity index (χ0) is 15.0. The molecule has 0 unspecified atom stereocenters. The maximum Gasteiger partial charge on any atom is 0.225 e. The van der Waals surface area contributed by atoms with Crippen LogP contribution in [0, 0.1) is 20.8 Å². The molecule has 0 radical (unpaired) electrons. The molecule has 0 spiro atoms. The van der Waals surface area contributed by atoms with Crippen LogP contribution in [0.15, 0.2) is 12.3 Å². The topological polar surface area (TPSA) is 57.7 Å². The van der Waals surface area contributed by atoms with Crippen LogP contribution >= 0.6 is 0 Å². The maximum atomic E-state index is 4.58. The second kappa shape index (κ2) is 5.13. The molecule has 0 aliphatic carbocycles. The molecule has 0 amide bonds. The van der Waals surface area contributed by atoms with Crippen molar-refractivity contribution in [3.8, 4) is 0 Å². The van der Waals surface area contributed by atoms with Gasteiger partial charge in [-0.3, -0.25) is 5.10 Å². The molecular weight excluding hydrogens is 262 g/mol. The molecule has 0 atom stereocenters. The smallest absolute Gasteiger partial charge is 0.225 e. The molecule has 5 heteroatoms. The number of rotatable bonds is 2. The first-order chi connectivity index (χ1) is 9.98. The average Bonchev–Trinajstić information content (AvgIpc) is 2.85. The quantitative estimate of drug-likeness (QED) is 0.921. The zero-order valence-corrected chi connectivity index (χ0v) is 13.3. The maximum absolute atomic E-state index is 4.58. The monoisotopic (exact) mass is 285 g/mol. The van der Waals surface area contributed by atoms with Crippen molar-refractivity contribution in [2.75, 3.05) is 18.0 Å². The Bertz CT molecular complexity index is 618. The van der Waals surface area contributed by atoms with Crippen LogP contribution < -0.4 is 4.90 Å². The van der Waals surface area contributed by atoms with Crippen LogP contribution in [0.1, 0.15) is 42.4 Å². The minimum Gasteiger partial charge on any atom is -0.341 e. The predicted octanol–water partition coefficient (Wildman–Crippen LogP) is 2.68. The molecule has 5 nitrogen and oxygen atoms in total. The number of aromatic amines is 1. The van der Waals surface area contributed by atoms with Gasteiger partial charge in [0, 0.05) is 35.6 Å². The summed E-state index contributed by atoms with van der Waals surface area (Å²) in [7, 11) is 0. The molecule has 0 aromatic carbocycles. The Morgan fingerprint density at radius 2 is 1.71 bits per heavy atom. The molecule has 2 aromatic heterocycles. The van der Waals surface area contributed by atoms with Gasteiger partial charge in [0.25, 0.3) is 0 Å². The summed E-state index contributed by atoms with van der Waals surface area (Å²) in [4.78, 5) is 11.5. The first-order valence-electron chi connectivity index (χ1n) is 7.56. The molecule has 1 N–H and O–H groups in total. The van der Waals surface area contributed by atoms with E-state index >= 15 is 0 Å². The van der Waals surface area contributed by atoms with Crippen molar-refractivity contribution in [1.29, 1.82) is 0 Å². The highest BCUT2D eigenvalue weighted by Gasteiger charge is 2.34. The Morgan fingerprint density at radius 3 is 2.24 bits per heavy atom. The lowest BCUT2D eigenvalue weighted by molar-refractivity contribution is 0.349. The Morgan fingerprint density at radius 1 is 1.10 bits per heavy atom. The third kappa shape index (κ3) is 2.64. The van der Waals surface area contributed by atoms with Crippen LogP contribution in [0.25, 0.3) is 0 Å². The lowest BCUT2D eigenvalue weighted by Gasteiger charge is -2.39. The minimum atomic E-state index is 0.177. The van der Waals surface area contributed by atoms with Gasteiger partial charge >= 0.3 is 0 Å². The van der Waals surface area contributed by atoms with Gasteiger partial charge in [-0.15, -0.1) is 0 Å². The van der Waals surface area contributed by atoms with Gasteiger partial charge < -0.3 is 4.90 Å². The van der Waals surface area contributed by atoms with E-state index in [1.54, 1.807) is 0 Å². The van der Waals surface area contributed by atoms with Gasteiger partial charge in [-0.1, -0.05) is 6.92 Å². The second-order valence-corrected chi connectivity index (χ2v) is 6.43. The third-order valence-corrected chi connectivity index (χ3v) is 4.55. The van der Waals surface area contributed by atoms with E-state index in [1.807, 2.05) is 26.1 Å². The number of H-pyrrole nitrogens is 1. The highest BCUT2D eigenvalue weighted by atomic mass is 15.3. The Hall–Kier alpha value is -1.91. The van der Waals surface area contributed by atoms with Gasteiger partial charge in [-0.25, -0.2) is 9.97 Å². The van der Waals surface area contributed by atoms with E-state index in [1.165, 1.54) is 11.3 Å². The van der Waals surface area contributed by atoms with Gasteiger partial charge in [-0.2, -0.15) is 5.10 Å². The van der Waals surface area contributed by atoms with Crippen molar-refractivity contribution in [3.05, 3.63) is 34.9 Å². The van der Waals surface area contributed by atoms with E-state index in [9.17, 15) is 0 Å². The summed E-state index contributed by atoms with van der Waals surface area (Å²) in [6.07, 6.45) is 4.10. The van der Waals surface area contributed by atoms with E-state index in [2.05, 4.69) is 38.9 Å². The second-order valence-electron chi connectivity index (χ2n) is 6.43. The molecule has 3 rings (SSSR count). The van der Waals surface area contributed by atoms with Crippen LogP contribution in [0.5, 0.6) is 0 Å². The molecule has 1 saturated heterocycles. The highest BCUT2D eigenvalue weighted by molar-refractivity contribution is 5.35. The number of piperidine rings is 1. The van der Waals surface area contributed by atoms with E-state index in [-0.39, 0.29) is 5.41 Å². The van der Waals surface area contributed by atoms with Gasteiger partial charge in [0.15, 0.2) is 0 Å². The number of anilines is 1. The first-order valence-corrected chi connectivity index (χ1v) is 7.56. The van der Waals surface area contributed by atoms with Crippen molar-refractivity contribution >= 4 is 5.95 Å². The summed E-state index contributed by atoms with van der Waals surface area (Å²) >= 11 is 0. The number of hydrogen-bond acceptors (Lipinski definition) is 4. The van der Waals surface area contributed by atoms with Crippen molar-refractivity contribution < 1.29 is 0 Å². The van der Waals surface area contributed by atoms with Gasteiger partial charge in [0.1, 0.15) is 0 Å². The number of hydrogen-bond donors (Lipinski definition) is 1. The number of nitrogens with one attached hydrogen (secondary N) is 1. The molecule has 21 heavy (non-hydrogen) atoms. The lowest BCUT2D eigenvalue weighted by Crippen LogP contribution is -2.42. The fourth-order valence-electron chi connectivity index (χ4n) is 3.26. The predicted molar refractivity (Wildman–Crippen MR) is 83.6 cm³/mol. The van der Waals surface area contributed by atoms with E-state index < -0.39 is 0 Å². The van der Waals surface area contributed by atoms with Crippen molar-refractivity contribution in [2.45, 2.75) is 46.0 Å². The summed E-state index contributed by atoms with van der Waals surface area (Å²) in [5.74, 6) is 0.871. The van der Waals surface area contributed by atoms with Gasteiger partial charge in [0.05, 0.1) is 6.20 Å². The molecule has 0 bridgehead atoms. The molecule has 2 aromatic rings. The number of aromatic nitrogens is 4. The van der Waals surface area contributed by atoms with Crippen molar-refractivity contribution in [1.82, 2.24) is 20.2 Å². The molecule has 3 heterocycles. The molecule has 112 valence electrons. The standard InChI is InChI=1S/C16H23N5/c1-11-10-17-20-14(11)16(4)5-7-21(8-6-16)15-18-12(2)9-13(3)19-15/h9-10H,5-8H2,1-4H3,(H,17,20). The normalized spacial score (nSPS) is 18.0. The lowest BCUT2D eigenvalue weighted by atomic mass is 9.76. The van der Waals surface area contributed by atoms with Crippen LogP contribution in [-0.2, 0) is 5.41 Å². The highest BCUT2D eigenvalue weighted by Crippen LogP contribution is 2.36. The summed E-state index contributed by atoms with van der Waals surface area (Å²) in [6, 6.07) is 2.02. The molecule has 1 aliphatic heterocycles. The number of aryl methyl sites for hydroxylation is 3. The van der Waals surface area contributed by atoms with Crippen molar-refractivity contribution in [2.24, 2.45) is 0 Å². The summed E-state index contributed by atoms with van der Waals surface area (Å²) in [5, 5.41) is 7.37. The molecule has 1 aliphatic rings. The molecular formula is C16H23N5. The molecule has 0 saturated carbocycles. The van der Waals surface area contributed by atoms with E-state index in [0.29, 0.717) is 0 Å². The van der Waals surface area contributed by atoms with E-state index in [4.69, 9.17) is 0 Å². The van der Waals surface area contributed by atoms with Crippen LogP contribution in [-0.4, -0.2) is 33.3 Å². The van der Waals surface area contributed by atoms with Gasteiger partial charge in [-0.05, 0) is 45.2 Å². The van der Waals surface area contributed by atoms with Crippen LogP contribution in [0.4, 0.5) is 5.95 Å². The largest absolute Gasteiger partial charge is 0.341 e. The van der Waals surface area contributed by atoms with Gasteiger partial charge in [0.2, 0.25) is 5.95 Å². The Balaban J connectivity index is 1.77. The Labute approximate surface area is 125 Å². The summed E-state index contributed by atoms with van der Waals surface area (Å²) < 4.78 is 0. The summed E-state index contributed by atoms with van der Waals surface area (Å²) in [6.45, 7) is 10.5. The Kier molecular flexibility index (Phi) is 3.43. The van der Waals surface area contributed by atoms with Crippen LogP contribution in [0.2, 0.25) is 0 Å². The molecule has 1 fully saturated rings. The third-order valence-electron chi connectivity index (χ3n) is 4.55. The zero-order valence-electron chi connectivity index (χ0n) is 13.3. The first kappa shape index (κ1) is 14.0. The van der Waals surface area contributed by atoms with Crippen molar-refractivity contribution in [3.63, 3.8) is 0 Å². The van der Waals surface area contributed by atoms with E-state index in [0.717, 1.165) is 43.3 Å². The fourth-order valence-corrected chi connectivity index (χ4v) is 3.26. The SMILES string of the molecule is Cc1cc(C)nc(N2CCC(C)(c3[nH]ncc3C)CC2)n1. The minimum absolute atomic E-state index is 0.177. The summed E-state index contributed by atoms with van der Waals surface area (Å²) in [5.41, 5.74) is 4.79. The fraction of sp³-hybridized carbons (Fsp3) is 0.562. The van der Waals surface area contributed by atoms with Crippen LogP contribution in [0.3, 0.4) is 0 Å². The average molecular weight is 285 g/mol. The number of nitrogens with zero attached hydrogens (tertiary/aromatic N) is 4.